The Bertz CT molecular complexity index is 3870. The van der Waals surface area contributed by atoms with Crippen molar-refractivity contribution in [2.24, 2.45) is 0 Å². The summed E-state index contributed by atoms with van der Waals surface area (Å²) in [5, 5.41) is 2.31. The van der Waals surface area contributed by atoms with E-state index in [2.05, 4.69) is 293 Å². The molecule has 9 aromatic carbocycles. The molecular weight excluding hydrogens is 913 g/mol. The highest BCUT2D eigenvalue weighted by Crippen LogP contribution is 2.49. The molecule has 0 unspecified atom stereocenters. The lowest BCUT2D eigenvalue weighted by Crippen LogP contribution is -2.25. The molecule has 1 aliphatic rings. The Morgan fingerprint density at radius 1 is 0.373 bits per heavy atom. The van der Waals surface area contributed by atoms with Crippen LogP contribution in [0, 0.1) is 0 Å². The van der Waals surface area contributed by atoms with Crippen molar-refractivity contribution in [1.82, 2.24) is 9.55 Å². The van der Waals surface area contributed by atoms with Gasteiger partial charge in [-0.25, -0.2) is 4.98 Å². The molecule has 0 bridgehead atoms. The average Bonchev–Trinajstić information content (AvgIpc) is 3.99. The molecule has 0 spiro atoms. The molecule has 0 radical (unpaired) electrons. The summed E-state index contributed by atoms with van der Waals surface area (Å²) < 4.78 is 9.23. The number of anilines is 4. The minimum Gasteiger partial charge on any atom is -0.457 e. The SMILES string of the molecule is CC(C)(C)c1ccnc(-n2c3ccc(-c4ccccc4)cc3c3ccc(Oc4cccc(N5CN(c6cc(-c7ccccc7)cc(C(C)(C)c7ccccc7)c6)c6cc(C(C)(C)c7ccccc7)ccc65)c4)cc32)c1. The second-order valence-corrected chi connectivity index (χ2v) is 22.2. The van der Waals surface area contributed by atoms with Gasteiger partial charge in [-0.1, -0.05) is 194 Å². The molecule has 3 heterocycles. The Hall–Kier alpha value is -8.67. The molecule has 0 aliphatic carbocycles. The quantitative estimate of drug-likeness (QED) is 0.129. The van der Waals surface area contributed by atoms with Crippen LogP contribution in [0.2, 0.25) is 0 Å². The van der Waals surface area contributed by atoms with Gasteiger partial charge in [0.2, 0.25) is 0 Å². The van der Waals surface area contributed by atoms with Gasteiger partial charge in [0, 0.05) is 51.3 Å². The highest BCUT2D eigenvalue weighted by atomic mass is 16.5. The summed E-state index contributed by atoms with van der Waals surface area (Å²) in [4.78, 5) is 9.92. The van der Waals surface area contributed by atoms with Crippen LogP contribution in [0.15, 0.2) is 237 Å². The van der Waals surface area contributed by atoms with E-state index < -0.39 is 0 Å². The topological polar surface area (TPSA) is 33.5 Å². The molecule has 12 rings (SSSR count). The van der Waals surface area contributed by atoms with Gasteiger partial charge < -0.3 is 14.5 Å². The minimum absolute atomic E-state index is 0.0431. The van der Waals surface area contributed by atoms with Crippen molar-refractivity contribution in [2.75, 3.05) is 16.5 Å². The van der Waals surface area contributed by atoms with E-state index in [0.717, 1.165) is 56.5 Å². The number of benzene rings is 9. The molecule has 11 aromatic rings. The van der Waals surface area contributed by atoms with Crippen molar-refractivity contribution < 1.29 is 4.74 Å². The van der Waals surface area contributed by atoms with E-state index in [-0.39, 0.29) is 16.2 Å². The maximum Gasteiger partial charge on any atom is 0.137 e. The van der Waals surface area contributed by atoms with Gasteiger partial charge in [0.05, 0.1) is 22.4 Å². The number of ether oxygens (including phenoxy) is 1. The van der Waals surface area contributed by atoms with E-state index in [1.54, 1.807) is 0 Å². The molecule has 75 heavy (non-hydrogen) atoms. The molecule has 0 fully saturated rings. The van der Waals surface area contributed by atoms with Crippen molar-refractivity contribution in [3.05, 3.63) is 265 Å². The van der Waals surface area contributed by atoms with Crippen LogP contribution >= 0.6 is 0 Å². The zero-order valence-electron chi connectivity index (χ0n) is 43.9. The zero-order valence-corrected chi connectivity index (χ0v) is 43.9. The first kappa shape index (κ1) is 47.3. The molecule has 0 saturated heterocycles. The van der Waals surface area contributed by atoms with Gasteiger partial charge in [-0.05, 0) is 128 Å². The zero-order chi connectivity index (χ0) is 51.5. The Morgan fingerprint density at radius 2 is 1.00 bits per heavy atom. The van der Waals surface area contributed by atoms with Crippen molar-refractivity contribution in [1.29, 1.82) is 0 Å². The monoisotopic (exact) mass is 974 g/mol. The molecule has 1 aliphatic heterocycles. The normalized spacial score (nSPS) is 12.9. The summed E-state index contributed by atoms with van der Waals surface area (Å²) in [6.07, 6.45) is 1.94. The van der Waals surface area contributed by atoms with Crippen molar-refractivity contribution in [3.8, 4) is 39.6 Å². The first-order valence-electron chi connectivity index (χ1n) is 26.2. The fraction of sp³-hybridized carbons (Fsp3) is 0.157. The first-order chi connectivity index (χ1) is 36.3. The van der Waals surface area contributed by atoms with E-state index in [0.29, 0.717) is 6.67 Å². The van der Waals surface area contributed by atoms with E-state index in [1.165, 1.54) is 55.5 Å². The smallest absolute Gasteiger partial charge is 0.137 e. The van der Waals surface area contributed by atoms with Crippen LogP contribution in [0.3, 0.4) is 0 Å². The number of pyridine rings is 1. The fourth-order valence-corrected chi connectivity index (χ4v) is 11.0. The van der Waals surface area contributed by atoms with Crippen LogP contribution in [-0.2, 0) is 16.2 Å². The van der Waals surface area contributed by atoms with Gasteiger partial charge in [0.25, 0.3) is 0 Å². The summed E-state index contributed by atoms with van der Waals surface area (Å²) in [7, 11) is 0. The van der Waals surface area contributed by atoms with E-state index in [1.807, 2.05) is 6.20 Å². The molecule has 0 atom stereocenters. The summed E-state index contributed by atoms with van der Waals surface area (Å²) in [5.74, 6) is 2.39. The van der Waals surface area contributed by atoms with E-state index >= 15 is 0 Å². The predicted octanol–water partition coefficient (Wildman–Crippen LogP) is 18.5. The van der Waals surface area contributed by atoms with Gasteiger partial charge in [-0.2, -0.15) is 0 Å². The van der Waals surface area contributed by atoms with Crippen molar-refractivity contribution in [3.63, 3.8) is 0 Å². The lowest BCUT2D eigenvalue weighted by atomic mass is 9.77. The average molecular weight is 975 g/mol. The molecule has 2 aromatic heterocycles. The highest BCUT2D eigenvalue weighted by Gasteiger charge is 2.34. The standard InChI is InChI=1S/C70H62N4O/c1-68(2,3)54-37-38-71-67(44-54)74-63-35-31-50(48-21-12-8-13-22-48)41-62(63)61-34-33-60(46-65(61)74)75-59-30-20-29-57(45-59)72-47-73(66-43-55(32-36-64(66)72)69(4,5)52-25-16-10-17-26-52)58-40-51(49-23-14-9-15-24-49)39-56(42-58)70(6,7)53-27-18-11-19-28-53/h8-46H,47H2,1-7H3. The number of rotatable bonds is 11. The Morgan fingerprint density at radius 3 is 1.68 bits per heavy atom. The predicted molar refractivity (Wildman–Crippen MR) is 314 cm³/mol. The van der Waals surface area contributed by atoms with Crippen LogP contribution < -0.4 is 14.5 Å². The number of hydrogen-bond acceptors (Lipinski definition) is 4. The lowest BCUT2D eigenvalue weighted by molar-refractivity contribution is 0.483. The van der Waals surface area contributed by atoms with Crippen molar-refractivity contribution in [2.45, 2.75) is 64.7 Å². The van der Waals surface area contributed by atoms with Crippen LogP contribution in [0.1, 0.15) is 76.3 Å². The fourth-order valence-electron chi connectivity index (χ4n) is 11.0. The van der Waals surface area contributed by atoms with Gasteiger partial charge in [0.15, 0.2) is 0 Å². The largest absolute Gasteiger partial charge is 0.457 e. The van der Waals surface area contributed by atoms with Crippen LogP contribution in [0.4, 0.5) is 22.7 Å². The number of fused-ring (bicyclic) bond motifs is 4. The van der Waals surface area contributed by atoms with Gasteiger partial charge in [0.1, 0.15) is 24.0 Å². The summed E-state index contributed by atoms with van der Waals surface area (Å²) in [5.41, 5.74) is 17.1. The van der Waals surface area contributed by atoms with Gasteiger partial charge in [-0.3, -0.25) is 4.57 Å². The van der Waals surface area contributed by atoms with Crippen LogP contribution in [0.5, 0.6) is 11.5 Å². The third kappa shape index (κ3) is 8.82. The van der Waals surface area contributed by atoms with Crippen molar-refractivity contribution >= 4 is 44.6 Å². The van der Waals surface area contributed by atoms with Crippen LogP contribution in [0.25, 0.3) is 49.9 Å². The molecule has 5 heteroatoms. The molecular formula is C70H62N4O. The van der Waals surface area contributed by atoms with E-state index in [9.17, 15) is 0 Å². The number of aromatic nitrogens is 2. The Balaban J connectivity index is 0.957. The minimum atomic E-state index is -0.263. The maximum absolute atomic E-state index is 6.94. The summed E-state index contributed by atoms with van der Waals surface area (Å²) in [6.45, 7) is 16.7. The lowest BCUT2D eigenvalue weighted by Gasteiger charge is -2.30. The third-order valence-corrected chi connectivity index (χ3v) is 15.7. The summed E-state index contributed by atoms with van der Waals surface area (Å²) in [6, 6.07) is 83.5. The molecule has 0 amide bonds. The van der Waals surface area contributed by atoms with Gasteiger partial charge >= 0.3 is 0 Å². The number of nitrogens with zero attached hydrogens (tertiary/aromatic N) is 4. The molecule has 0 saturated carbocycles. The molecule has 0 N–H and O–H groups in total. The number of hydrogen-bond donors (Lipinski definition) is 0. The second-order valence-electron chi connectivity index (χ2n) is 22.2. The molecule has 5 nitrogen and oxygen atoms in total. The highest BCUT2D eigenvalue weighted by molar-refractivity contribution is 6.10. The Labute approximate surface area is 442 Å². The molecule has 368 valence electrons. The van der Waals surface area contributed by atoms with Gasteiger partial charge in [-0.15, -0.1) is 0 Å². The maximum atomic E-state index is 6.94. The van der Waals surface area contributed by atoms with E-state index in [4.69, 9.17) is 9.72 Å². The second kappa shape index (κ2) is 18.7. The third-order valence-electron chi connectivity index (χ3n) is 15.7. The first-order valence-corrected chi connectivity index (χ1v) is 26.2. The Kier molecular flexibility index (Phi) is 11.8. The van der Waals surface area contributed by atoms with Crippen LogP contribution in [-0.4, -0.2) is 16.2 Å². The summed E-state index contributed by atoms with van der Waals surface area (Å²) >= 11 is 0.